The van der Waals surface area contributed by atoms with Gasteiger partial charge in [0.05, 0.1) is 0 Å². The summed E-state index contributed by atoms with van der Waals surface area (Å²) in [5.74, 6) is -1.27. The Morgan fingerprint density at radius 3 is 2.74 bits per heavy atom. The lowest BCUT2D eigenvalue weighted by Crippen LogP contribution is -1.99. The quantitative estimate of drug-likeness (QED) is 0.770. The first-order valence-electron chi connectivity index (χ1n) is 6.73. The molecular formula is C16H12FN3O3. The maximum Gasteiger partial charge on any atom is 0.359 e. The van der Waals surface area contributed by atoms with Crippen molar-refractivity contribution in [3.8, 4) is 22.8 Å². The van der Waals surface area contributed by atoms with Crippen LogP contribution in [0.5, 0.6) is 11.6 Å². The van der Waals surface area contributed by atoms with Crippen molar-refractivity contribution in [1.82, 2.24) is 15.4 Å². The van der Waals surface area contributed by atoms with E-state index in [1.165, 1.54) is 6.07 Å². The molecule has 0 bridgehead atoms. The van der Waals surface area contributed by atoms with E-state index in [-0.39, 0.29) is 17.4 Å². The lowest BCUT2D eigenvalue weighted by atomic mass is 10.0. The fourth-order valence-electron chi connectivity index (χ4n) is 2.05. The van der Waals surface area contributed by atoms with Crippen molar-refractivity contribution >= 4 is 5.97 Å². The van der Waals surface area contributed by atoms with Crippen LogP contribution in [0.1, 0.15) is 16.1 Å². The molecule has 0 unspecified atom stereocenters. The number of hydrogen-bond donors (Lipinski definition) is 2. The molecular weight excluding hydrogens is 301 g/mol. The minimum atomic E-state index is -1.22. The van der Waals surface area contributed by atoms with Crippen LogP contribution in [0, 0.1) is 12.7 Å². The summed E-state index contributed by atoms with van der Waals surface area (Å²) in [7, 11) is 0. The smallest absolute Gasteiger partial charge is 0.359 e. The van der Waals surface area contributed by atoms with Gasteiger partial charge in [0.1, 0.15) is 11.6 Å². The van der Waals surface area contributed by atoms with Gasteiger partial charge in [-0.3, -0.25) is 0 Å². The molecule has 6 nitrogen and oxygen atoms in total. The third kappa shape index (κ3) is 3.03. The Morgan fingerprint density at radius 2 is 2.00 bits per heavy atom. The minimum absolute atomic E-state index is 0.135. The third-order valence-electron chi connectivity index (χ3n) is 3.28. The van der Waals surface area contributed by atoms with E-state index in [0.29, 0.717) is 16.9 Å². The van der Waals surface area contributed by atoms with Crippen LogP contribution in [0.25, 0.3) is 11.1 Å². The monoisotopic (exact) mass is 313 g/mol. The molecule has 1 aromatic heterocycles. The van der Waals surface area contributed by atoms with Gasteiger partial charge in [-0.25, -0.2) is 14.3 Å². The molecule has 0 aliphatic heterocycles. The zero-order chi connectivity index (χ0) is 16.4. The predicted molar refractivity (Wildman–Crippen MR) is 80.0 cm³/mol. The summed E-state index contributed by atoms with van der Waals surface area (Å²) in [4.78, 5) is 11.0. The molecule has 0 radical (unpaired) electrons. The van der Waals surface area contributed by atoms with Gasteiger partial charge in [-0.2, -0.15) is 0 Å². The number of aromatic nitrogens is 3. The fourth-order valence-corrected chi connectivity index (χ4v) is 2.05. The van der Waals surface area contributed by atoms with Crippen LogP contribution in [0.4, 0.5) is 4.39 Å². The summed E-state index contributed by atoms with van der Waals surface area (Å²) in [5.41, 5.74) is 1.76. The van der Waals surface area contributed by atoms with E-state index in [4.69, 9.17) is 9.84 Å². The number of aromatic carboxylic acids is 1. The number of halogens is 1. The number of aryl methyl sites for hydroxylation is 1. The summed E-state index contributed by atoms with van der Waals surface area (Å²) in [6.45, 7) is 1.69. The summed E-state index contributed by atoms with van der Waals surface area (Å²) < 4.78 is 19.1. The van der Waals surface area contributed by atoms with Crippen LogP contribution in [-0.2, 0) is 0 Å². The Hall–Kier alpha value is -3.22. The minimum Gasteiger partial charge on any atom is -0.476 e. The van der Waals surface area contributed by atoms with Crippen LogP contribution in [0.2, 0.25) is 0 Å². The van der Waals surface area contributed by atoms with Gasteiger partial charge < -0.3 is 9.84 Å². The van der Waals surface area contributed by atoms with Crippen molar-refractivity contribution in [1.29, 1.82) is 0 Å². The predicted octanol–water partition coefficient (Wildman–Crippen LogP) is 3.41. The van der Waals surface area contributed by atoms with Gasteiger partial charge in [-0.1, -0.05) is 34.6 Å². The average molecular weight is 313 g/mol. The molecule has 0 aliphatic carbocycles. The van der Waals surface area contributed by atoms with E-state index in [2.05, 4.69) is 15.4 Å². The van der Waals surface area contributed by atoms with Gasteiger partial charge >= 0.3 is 5.97 Å². The SMILES string of the molecule is Cc1ccc(-c2cccc(Oc3nn[nH]c3C(=O)O)c2)cc1F. The molecule has 1 heterocycles. The van der Waals surface area contributed by atoms with Crippen LogP contribution in [-0.4, -0.2) is 26.5 Å². The molecule has 0 aliphatic rings. The van der Waals surface area contributed by atoms with Gasteiger partial charge in [-0.15, -0.1) is 0 Å². The van der Waals surface area contributed by atoms with E-state index in [1.54, 1.807) is 43.3 Å². The van der Waals surface area contributed by atoms with E-state index in [0.717, 1.165) is 5.56 Å². The molecule has 2 aromatic carbocycles. The fraction of sp³-hybridized carbons (Fsp3) is 0.0625. The third-order valence-corrected chi connectivity index (χ3v) is 3.28. The Kier molecular flexibility index (Phi) is 3.76. The first kappa shape index (κ1) is 14.7. The first-order valence-corrected chi connectivity index (χ1v) is 6.73. The van der Waals surface area contributed by atoms with Crippen molar-refractivity contribution < 1.29 is 19.0 Å². The van der Waals surface area contributed by atoms with Crippen LogP contribution >= 0.6 is 0 Å². The van der Waals surface area contributed by atoms with Crippen LogP contribution in [0.15, 0.2) is 42.5 Å². The number of rotatable bonds is 4. The molecule has 0 atom stereocenters. The summed E-state index contributed by atoms with van der Waals surface area (Å²) in [6.07, 6.45) is 0. The number of nitrogens with zero attached hydrogens (tertiary/aromatic N) is 2. The number of benzene rings is 2. The van der Waals surface area contributed by atoms with Crippen molar-refractivity contribution in [2.75, 3.05) is 0 Å². The molecule has 0 spiro atoms. The van der Waals surface area contributed by atoms with E-state index in [1.807, 2.05) is 0 Å². The largest absolute Gasteiger partial charge is 0.476 e. The highest BCUT2D eigenvalue weighted by Gasteiger charge is 2.16. The molecule has 3 aromatic rings. The molecule has 0 saturated carbocycles. The number of H-pyrrole nitrogens is 1. The Bertz CT molecular complexity index is 877. The standard InChI is InChI=1S/C16H12FN3O3/c1-9-5-6-11(8-13(9)17)10-3-2-4-12(7-10)23-15-14(16(21)22)18-20-19-15/h2-8H,1H3,(H,21,22)(H,18,19,20). The number of aromatic amines is 1. The second-order valence-corrected chi connectivity index (χ2v) is 4.89. The molecule has 2 N–H and O–H groups in total. The Balaban J connectivity index is 1.92. The van der Waals surface area contributed by atoms with Gasteiger partial charge in [0.2, 0.25) is 5.69 Å². The van der Waals surface area contributed by atoms with Crippen molar-refractivity contribution in [2.45, 2.75) is 6.92 Å². The van der Waals surface area contributed by atoms with Gasteiger partial charge in [0.15, 0.2) is 0 Å². The highest BCUT2D eigenvalue weighted by atomic mass is 19.1. The van der Waals surface area contributed by atoms with E-state index < -0.39 is 5.97 Å². The highest BCUT2D eigenvalue weighted by Crippen LogP contribution is 2.28. The molecule has 0 saturated heterocycles. The topological polar surface area (TPSA) is 88.1 Å². The average Bonchev–Trinajstić information content (AvgIpc) is 2.98. The van der Waals surface area contributed by atoms with E-state index in [9.17, 15) is 9.18 Å². The maximum absolute atomic E-state index is 13.7. The summed E-state index contributed by atoms with van der Waals surface area (Å²) in [5, 5.41) is 18.2. The molecule has 23 heavy (non-hydrogen) atoms. The number of carboxylic acid groups (broad SMARTS) is 1. The van der Waals surface area contributed by atoms with Crippen LogP contribution in [0.3, 0.4) is 0 Å². The normalized spacial score (nSPS) is 10.5. The molecule has 3 rings (SSSR count). The molecule has 0 fully saturated rings. The van der Waals surface area contributed by atoms with Gasteiger partial charge in [0.25, 0.3) is 5.88 Å². The number of carboxylic acids is 1. The second-order valence-electron chi connectivity index (χ2n) is 4.89. The van der Waals surface area contributed by atoms with E-state index >= 15 is 0 Å². The number of carbonyl (C=O) groups is 1. The van der Waals surface area contributed by atoms with Crippen molar-refractivity contribution in [3.63, 3.8) is 0 Å². The molecule has 7 heteroatoms. The Morgan fingerprint density at radius 1 is 1.22 bits per heavy atom. The Labute approximate surface area is 130 Å². The molecule has 0 amide bonds. The van der Waals surface area contributed by atoms with Gasteiger partial charge in [-0.05, 0) is 41.8 Å². The van der Waals surface area contributed by atoms with Crippen molar-refractivity contribution in [3.05, 3.63) is 59.5 Å². The number of nitrogens with one attached hydrogen (secondary N) is 1. The number of ether oxygens (including phenoxy) is 1. The maximum atomic E-state index is 13.7. The zero-order valence-electron chi connectivity index (χ0n) is 12.1. The zero-order valence-corrected chi connectivity index (χ0v) is 12.1. The summed E-state index contributed by atoms with van der Waals surface area (Å²) >= 11 is 0. The second kappa shape index (κ2) is 5.88. The first-order chi connectivity index (χ1) is 11.0. The number of hydrogen-bond acceptors (Lipinski definition) is 4. The highest BCUT2D eigenvalue weighted by molar-refractivity contribution is 5.87. The van der Waals surface area contributed by atoms with Crippen molar-refractivity contribution in [2.24, 2.45) is 0 Å². The lowest BCUT2D eigenvalue weighted by Gasteiger charge is -2.07. The lowest BCUT2D eigenvalue weighted by molar-refractivity contribution is 0.0687. The molecule has 116 valence electrons. The van der Waals surface area contributed by atoms with Crippen LogP contribution < -0.4 is 4.74 Å². The van der Waals surface area contributed by atoms with Gasteiger partial charge in [0, 0.05) is 0 Å². The summed E-state index contributed by atoms with van der Waals surface area (Å²) in [6, 6.07) is 11.8.